The van der Waals surface area contributed by atoms with Gasteiger partial charge in [-0.15, -0.1) is 0 Å². The largest absolute Gasteiger partial charge is 0.417 e. The minimum absolute atomic E-state index is 0.188. The van der Waals surface area contributed by atoms with Crippen LogP contribution in [0.4, 0.5) is 26.3 Å². The zero-order valence-corrected chi connectivity index (χ0v) is 9.28. The van der Waals surface area contributed by atoms with E-state index in [0.29, 0.717) is 6.07 Å². The summed E-state index contributed by atoms with van der Waals surface area (Å²) < 4.78 is 76.0. The molecule has 0 aliphatic rings. The molecule has 1 rings (SSSR count). The smallest absolute Gasteiger partial charge is 0.392 e. The summed E-state index contributed by atoms with van der Waals surface area (Å²) in [6.07, 6.45) is -10.4. The van der Waals surface area contributed by atoms with E-state index in [2.05, 4.69) is 0 Å². The first-order valence-electron chi connectivity index (χ1n) is 5.02. The zero-order chi connectivity index (χ0) is 14.1. The van der Waals surface area contributed by atoms with Gasteiger partial charge in [0.25, 0.3) is 0 Å². The third kappa shape index (κ3) is 2.95. The number of rotatable bonds is 2. The van der Waals surface area contributed by atoms with Crippen molar-refractivity contribution >= 4 is 0 Å². The number of hydrogen-bond donors (Lipinski definition) is 1. The summed E-state index contributed by atoms with van der Waals surface area (Å²) in [5, 5.41) is 8.79. The van der Waals surface area contributed by atoms with Crippen molar-refractivity contribution in [1.29, 1.82) is 0 Å². The van der Waals surface area contributed by atoms with Crippen molar-refractivity contribution in [1.82, 2.24) is 0 Å². The second-order valence-corrected chi connectivity index (χ2v) is 3.68. The molecule has 0 aliphatic carbocycles. The Bertz CT molecular complexity index is 432. The van der Waals surface area contributed by atoms with Gasteiger partial charge in [0.2, 0.25) is 0 Å². The van der Waals surface area contributed by atoms with E-state index in [1.165, 1.54) is 6.92 Å². The van der Waals surface area contributed by atoms with Crippen LogP contribution >= 0.6 is 0 Å². The highest BCUT2D eigenvalue weighted by Gasteiger charge is 2.44. The van der Waals surface area contributed by atoms with Crippen molar-refractivity contribution in [3.8, 4) is 0 Å². The van der Waals surface area contributed by atoms with Crippen LogP contribution in [0, 0.1) is 0 Å². The van der Waals surface area contributed by atoms with Crippen molar-refractivity contribution in [2.24, 2.45) is 0 Å². The van der Waals surface area contributed by atoms with Crippen molar-refractivity contribution in [3.05, 3.63) is 34.4 Å². The van der Waals surface area contributed by atoms with Gasteiger partial charge in [-0.25, -0.2) is 0 Å². The third-order valence-corrected chi connectivity index (χ3v) is 2.43. The first-order chi connectivity index (χ1) is 8.11. The molecule has 0 bridgehead atoms. The lowest BCUT2D eigenvalue weighted by Gasteiger charge is -2.19. The van der Waals surface area contributed by atoms with Gasteiger partial charge in [0.05, 0.1) is 17.7 Å². The van der Waals surface area contributed by atoms with Crippen LogP contribution in [0.3, 0.4) is 0 Å². The summed E-state index contributed by atoms with van der Waals surface area (Å²) in [6.45, 7) is 0.583. The third-order valence-electron chi connectivity index (χ3n) is 2.43. The fourth-order valence-corrected chi connectivity index (χ4v) is 1.70. The van der Waals surface area contributed by atoms with Gasteiger partial charge in [-0.2, -0.15) is 26.3 Å². The predicted molar refractivity (Wildman–Crippen MR) is 51.7 cm³/mol. The molecule has 0 aliphatic heterocycles. The molecule has 0 fully saturated rings. The molecule has 1 aromatic carbocycles. The summed E-state index contributed by atoms with van der Waals surface area (Å²) in [5.74, 6) is 0. The average molecular weight is 272 g/mol. The maximum absolute atomic E-state index is 12.7. The number of alkyl halides is 6. The van der Waals surface area contributed by atoms with E-state index in [-0.39, 0.29) is 12.0 Å². The number of hydrogen-bond acceptors (Lipinski definition) is 1. The van der Waals surface area contributed by atoms with Crippen LogP contribution in [0.25, 0.3) is 0 Å². The van der Waals surface area contributed by atoms with E-state index in [1.807, 2.05) is 0 Å². The Labute approximate surface area is 99.0 Å². The molecule has 0 radical (unpaired) electrons. The Morgan fingerprint density at radius 1 is 1.00 bits per heavy atom. The lowest BCUT2D eigenvalue weighted by molar-refractivity contribution is -0.162. The van der Waals surface area contributed by atoms with Crippen LogP contribution < -0.4 is 0 Å². The van der Waals surface area contributed by atoms with Crippen LogP contribution in [0.1, 0.15) is 29.2 Å². The van der Waals surface area contributed by atoms with Gasteiger partial charge >= 0.3 is 12.4 Å². The molecule has 0 atom stereocenters. The maximum Gasteiger partial charge on any atom is 0.417 e. The van der Waals surface area contributed by atoms with E-state index in [0.717, 1.165) is 6.07 Å². The first-order valence-corrected chi connectivity index (χ1v) is 5.02. The molecule has 0 saturated carbocycles. The van der Waals surface area contributed by atoms with E-state index < -0.39 is 35.6 Å². The van der Waals surface area contributed by atoms with Gasteiger partial charge in [-0.3, -0.25) is 0 Å². The molecule has 102 valence electrons. The number of benzene rings is 1. The molecule has 1 aromatic rings. The highest BCUT2D eigenvalue weighted by molar-refractivity contribution is 5.42. The molecule has 7 heteroatoms. The van der Waals surface area contributed by atoms with E-state index in [1.54, 1.807) is 0 Å². The molecule has 0 unspecified atom stereocenters. The van der Waals surface area contributed by atoms with Gasteiger partial charge in [-0.05, 0) is 23.6 Å². The standard InChI is InChI=1S/C11H10F6O/c1-2-7-3-6(5-18)4-8(10(12,13)14)9(7)11(15,16)17/h3-4,18H,2,5H2,1H3. The zero-order valence-electron chi connectivity index (χ0n) is 9.28. The molecule has 0 aromatic heterocycles. The van der Waals surface area contributed by atoms with Crippen molar-refractivity contribution in [3.63, 3.8) is 0 Å². The monoisotopic (exact) mass is 272 g/mol. The highest BCUT2D eigenvalue weighted by atomic mass is 19.4. The van der Waals surface area contributed by atoms with Crippen LogP contribution in [0.2, 0.25) is 0 Å². The molecule has 0 heterocycles. The summed E-state index contributed by atoms with van der Waals surface area (Å²) in [5.41, 5.74) is -4.08. The lowest BCUT2D eigenvalue weighted by atomic mass is 9.95. The Morgan fingerprint density at radius 2 is 1.56 bits per heavy atom. The second-order valence-electron chi connectivity index (χ2n) is 3.68. The molecule has 1 N–H and O–H groups in total. The van der Waals surface area contributed by atoms with Crippen LogP contribution in [0.5, 0.6) is 0 Å². The Morgan fingerprint density at radius 3 is 1.89 bits per heavy atom. The minimum atomic E-state index is -5.11. The Hall–Kier alpha value is -1.24. The SMILES string of the molecule is CCc1cc(CO)cc(C(F)(F)F)c1C(F)(F)F. The molecule has 18 heavy (non-hydrogen) atoms. The molecule has 1 nitrogen and oxygen atoms in total. The first kappa shape index (κ1) is 14.8. The fraction of sp³-hybridized carbons (Fsp3) is 0.455. The molecule has 0 spiro atoms. The quantitative estimate of drug-likeness (QED) is 0.812. The Kier molecular flexibility index (Phi) is 3.95. The van der Waals surface area contributed by atoms with Crippen LogP contribution in [-0.2, 0) is 25.4 Å². The van der Waals surface area contributed by atoms with Crippen molar-refractivity contribution in [2.45, 2.75) is 32.3 Å². The van der Waals surface area contributed by atoms with Gasteiger partial charge in [0, 0.05) is 0 Å². The molecule has 0 amide bonds. The predicted octanol–water partition coefficient (Wildman–Crippen LogP) is 3.78. The van der Waals surface area contributed by atoms with E-state index in [9.17, 15) is 26.3 Å². The summed E-state index contributed by atoms with van der Waals surface area (Å²) >= 11 is 0. The summed E-state index contributed by atoms with van der Waals surface area (Å²) in [4.78, 5) is 0. The lowest BCUT2D eigenvalue weighted by Crippen LogP contribution is -2.19. The van der Waals surface area contributed by atoms with Gasteiger partial charge in [0.1, 0.15) is 0 Å². The topological polar surface area (TPSA) is 20.2 Å². The summed E-state index contributed by atoms with van der Waals surface area (Å²) in [6, 6.07) is 1.28. The van der Waals surface area contributed by atoms with Gasteiger partial charge in [-0.1, -0.05) is 13.0 Å². The number of aliphatic hydroxyl groups is 1. The van der Waals surface area contributed by atoms with Crippen LogP contribution in [0.15, 0.2) is 12.1 Å². The average Bonchev–Trinajstić information content (AvgIpc) is 2.24. The second kappa shape index (κ2) is 4.79. The van der Waals surface area contributed by atoms with E-state index in [4.69, 9.17) is 5.11 Å². The van der Waals surface area contributed by atoms with Crippen molar-refractivity contribution < 1.29 is 31.4 Å². The van der Waals surface area contributed by atoms with Crippen molar-refractivity contribution in [2.75, 3.05) is 0 Å². The molecular weight excluding hydrogens is 262 g/mol. The van der Waals surface area contributed by atoms with Gasteiger partial charge in [0.15, 0.2) is 0 Å². The van der Waals surface area contributed by atoms with Crippen LogP contribution in [-0.4, -0.2) is 5.11 Å². The number of aliphatic hydroxyl groups excluding tert-OH is 1. The fourth-order valence-electron chi connectivity index (χ4n) is 1.70. The van der Waals surface area contributed by atoms with E-state index >= 15 is 0 Å². The molecule has 0 saturated heterocycles. The maximum atomic E-state index is 12.7. The number of aryl methyl sites for hydroxylation is 1. The normalized spacial score (nSPS) is 12.9. The minimum Gasteiger partial charge on any atom is -0.392 e. The summed E-state index contributed by atoms with van der Waals surface area (Å²) in [7, 11) is 0. The Balaban J connectivity index is 3.64. The highest BCUT2D eigenvalue weighted by Crippen LogP contribution is 2.42. The molecular formula is C11H10F6O. The van der Waals surface area contributed by atoms with Gasteiger partial charge < -0.3 is 5.11 Å². The number of halogens is 6.